The molecule has 1 aromatic rings. The number of pyridine rings is 1. The second kappa shape index (κ2) is 4.96. The van der Waals surface area contributed by atoms with Gasteiger partial charge < -0.3 is 10.1 Å². The summed E-state index contributed by atoms with van der Waals surface area (Å²) in [6.45, 7) is 7.36. The molecule has 0 saturated heterocycles. The van der Waals surface area contributed by atoms with Crippen LogP contribution in [-0.4, -0.2) is 16.7 Å². The summed E-state index contributed by atoms with van der Waals surface area (Å²) in [4.78, 5) is 15.6. The molecule has 0 spiro atoms. The molecular formula is C12H18N2O2. The van der Waals surface area contributed by atoms with Gasteiger partial charge >= 0.3 is 6.09 Å². The zero-order valence-corrected chi connectivity index (χ0v) is 10.2. The van der Waals surface area contributed by atoms with Gasteiger partial charge in [0.1, 0.15) is 5.60 Å². The predicted molar refractivity (Wildman–Crippen MR) is 62.0 cm³/mol. The van der Waals surface area contributed by atoms with Crippen molar-refractivity contribution >= 4 is 6.09 Å². The molecule has 4 nitrogen and oxygen atoms in total. The van der Waals surface area contributed by atoms with Crippen LogP contribution in [0.2, 0.25) is 0 Å². The van der Waals surface area contributed by atoms with Crippen molar-refractivity contribution in [1.29, 1.82) is 0 Å². The number of carbonyl (C=O) groups excluding carboxylic acids is 1. The molecule has 0 unspecified atom stereocenters. The number of aromatic nitrogens is 1. The minimum absolute atomic E-state index is 0.156. The maximum Gasteiger partial charge on any atom is 0.408 e. The topological polar surface area (TPSA) is 51.2 Å². The second-order valence-corrected chi connectivity index (χ2v) is 4.62. The Labute approximate surface area is 96.0 Å². The molecule has 0 aliphatic carbocycles. The van der Waals surface area contributed by atoms with Crippen LogP contribution in [0.25, 0.3) is 0 Å². The highest BCUT2D eigenvalue weighted by Gasteiger charge is 2.18. The van der Waals surface area contributed by atoms with E-state index in [0.29, 0.717) is 0 Å². The summed E-state index contributed by atoms with van der Waals surface area (Å²) in [5, 5.41) is 2.73. The summed E-state index contributed by atoms with van der Waals surface area (Å²) in [7, 11) is 0. The number of nitrogens with zero attached hydrogens (tertiary/aromatic N) is 1. The van der Waals surface area contributed by atoms with Gasteiger partial charge in [-0.15, -0.1) is 0 Å². The van der Waals surface area contributed by atoms with Gasteiger partial charge in [-0.2, -0.15) is 0 Å². The van der Waals surface area contributed by atoms with E-state index in [4.69, 9.17) is 4.74 Å². The lowest BCUT2D eigenvalue weighted by atomic mass is 10.2. The molecule has 1 aromatic heterocycles. The smallest absolute Gasteiger partial charge is 0.408 e. The standard InChI is InChI=1S/C12H18N2O2/c1-9(10-7-5-6-8-13-10)14-11(15)16-12(2,3)4/h5-9H,1-4H3,(H,14,15)/t9-/m0/s1. The van der Waals surface area contributed by atoms with Crippen molar-refractivity contribution in [2.24, 2.45) is 0 Å². The van der Waals surface area contributed by atoms with Crippen molar-refractivity contribution in [1.82, 2.24) is 10.3 Å². The van der Waals surface area contributed by atoms with Crippen LogP contribution in [0.5, 0.6) is 0 Å². The van der Waals surface area contributed by atoms with Crippen molar-refractivity contribution in [2.45, 2.75) is 39.3 Å². The zero-order chi connectivity index (χ0) is 12.2. The Morgan fingerprint density at radius 1 is 1.44 bits per heavy atom. The SMILES string of the molecule is C[C@H](NC(=O)OC(C)(C)C)c1ccccn1. The van der Waals surface area contributed by atoms with E-state index in [0.717, 1.165) is 5.69 Å². The third-order valence-corrected chi connectivity index (χ3v) is 1.86. The summed E-state index contributed by atoms with van der Waals surface area (Å²) in [5.74, 6) is 0. The fourth-order valence-electron chi connectivity index (χ4n) is 1.19. The van der Waals surface area contributed by atoms with E-state index < -0.39 is 11.7 Å². The largest absolute Gasteiger partial charge is 0.444 e. The Hall–Kier alpha value is -1.58. The molecule has 1 N–H and O–H groups in total. The van der Waals surface area contributed by atoms with Crippen LogP contribution in [0.3, 0.4) is 0 Å². The van der Waals surface area contributed by atoms with Gasteiger partial charge in [0.2, 0.25) is 0 Å². The van der Waals surface area contributed by atoms with Crippen LogP contribution in [0.15, 0.2) is 24.4 Å². The van der Waals surface area contributed by atoms with Gasteiger partial charge in [-0.3, -0.25) is 4.98 Å². The fourth-order valence-corrected chi connectivity index (χ4v) is 1.19. The van der Waals surface area contributed by atoms with Gasteiger partial charge in [0, 0.05) is 6.20 Å². The number of amides is 1. The lowest BCUT2D eigenvalue weighted by molar-refractivity contribution is 0.0507. The Bertz CT molecular complexity index is 344. The molecule has 0 aliphatic heterocycles. The number of carbonyl (C=O) groups is 1. The van der Waals surface area contributed by atoms with E-state index >= 15 is 0 Å². The van der Waals surface area contributed by atoms with Crippen molar-refractivity contribution in [3.8, 4) is 0 Å². The van der Waals surface area contributed by atoms with Crippen LogP contribution in [0.4, 0.5) is 4.79 Å². The van der Waals surface area contributed by atoms with Gasteiger partial charge in [0.15, 0.2) is 0 Å². The lowest BCUT2D eigenvalue weighted by Gasteiger charge is -2.21. The van der Waals surface area contributed by atoms with Crippen LogP contribution < -0.4 is 5.32 Å². The molecule has 1 rings (SSSR count). The van der Waals surface area contributed by atoms with E-state index in [2.05, 4.69) is 10.3 Å². The van der Waals surface area contributed by atoms with Crippen molar-refractivity contribution < 1.29 is 9.53 Å². The molecular weight excluding hydrogens is 204 g/mol. The number of hydrogen-bond acceptors (Lipinski definition) is 3. The second-order valence-electron chi connectivity index (χ2n) is 4.62. The maximum absolute atomic E-state index is 11.5. The first-order valence-electron chi connectivity index (χ1n) is 5.29. The fraction of sp³-hybridized carbons (Fsp3) is 0.500. The molecule has 0 saturated carbocycles. The quantitative estimate of drug-likeness (QED) is 0.837. The average molecular weight is 222 g/mol. The highest BCUT2D eigenvalue weighted by atomic mass is 16.6. The lowest BCUT2D eigenvalue weighted by Crippen LogP contribution is -2.34. The molecule has 1 atom stereocenters. The van der Waals surface area contributed by atoms with Gasteiger partial charge in [-0.1, -0.05) is 6.07 Å². The molecule has 88 valence electrons. The molecule has 0 bridgehead atoms. The average Bonchev–Trinajstić information content (AvgIpc) is 2.16. The molecule has 0 fully saturated rings. The van der Waals surface area contributed by atoms with E-state index in [-0.39, 0.29) is 6.04 Å². The Morgan fingerprint density at radius 2 is 2.12 bits per heavy atom. The van der Waals surface area contributed by atoms with Crippen LogP contribution in [0.1, 0.15) is 39.4 Å². The Morgan fingerprint density at radius 3 is 2.62 bits per heavy atom. The van der Waals surface area contributed by atoms with E-state index in [1.54, 1.807) is 6.20 Å². The Kier molecular flexibility index (Phi) is 3.88. The summed E-state index contributed by atoms with van der Waals surface area (Å²) in [6.07, 6.45) is 1.27. The molecule has 1 amide bonds. The third-order valence-electron chi connectivity index (χ3n) is 1.86. The van der Waals surface area contributed by atoms with Crippen LogP contribution in [-0.2, 0) is 4.74 Å². The summed E-state index contributed by atoms with van der Waals surface area (Å²) >= 11 is 0. The molecule has 0 aromatic carbocycles. The van der Waals surface area contributed by atoms with Crippen LogP contribution >= 0.6 is 0 Å². The predicted octanol–water partition coefficient (Wildman–Crippen LogP) is 2.67. The minimum atomic E-state index is -0.478. The normalized spacial score (nSPS) is 13.0. The number of nitrogens with one attached hydrogen (secondary N) is 1. The Balaban J connectivity index is 2.52. The third kappa shape index (κ3) is 4.29. The van der Waals surface area contributed by atoms with E-state index in [1.165, 1.54) is 0 Å². The molecule has 16 heavy (non-hydrogen) atoms. The van der Waals surface area contributed by atoms with Gasteiger partial charge in [-0.05, 0) is 39.8 Å². The molecule has 0 aliphatic rings. The highest BCUT2D eigenvalue weighted by Crippen LogP contribution is 2.11. The van der Waals surface area contributed by atoms with Crippen LogP contribution in [0, 0.1) is 0 Å². The van der Waals surface area contributed by atoms with Crippen molar-refractivity contribution in [3.05, 3.63) is 30.1 Å². The van der Waals surface area contributed by atoms with E-state index in [1.807, 2.05) is 45.9 Å². The highest BCUT2D eigenvalue weighted by molar-refractivity contribution is 5.68. The van der Waals surface area contributed by atoms with Gasteiger partial charge in [0.05, 0.1) is 11.7 Å². The monoisotopic (exact) mass is 222 g/mol. The maximum atomic E-state index is 11.5. The van der Waals surface area contributed by atoms with Gasteiger partial charge in [0.25, 0.3) is 0 Å². The number of ether oxygens (including phenoxy) is 1. The zero-order valence-electron chi connectivity index (χ0n) is 10.2. The first-order chi connectivity index (χ1) is 7.38. The molecule has 4 heteroatoms. The molecule has 1 heterocycles. The summed E-state index contributed by atoms with van der Waals surface area (Å²) < 4.78 is 5.15. The summed E-state index contributed by atoms with van der Waals surface area (Å²) in [5.41, 5.74) is 0.335. The number of alkyl carbamates (subject to hydrolysis) is 1. The van der Waals surface area contributed by atoms with Crippen molar-refractivity contribution in [2.75, 3.05) is 0 Å². The first kappa shape index (κ1) is 12.5. The summed E-state index contributed by atoms with van der Waals surface area (Å²) in [6, 6.07) is 5.43. The molecule has 0 radical (unpaired) electrons. The van der Waals surface area contributed by atoms with E-state index in [9.17, 15) is 4.79 Å². The van der Waals surface area contributed by atoms with Crippen molar-refractivity contribution in [3.63, 3.8) is 0 Å². The number of rotatable bonds is 2. The van der Waals surface area contributed by atoms with Gasteiger partial charge in [-0.25, -0.2) is 4.79 Å². The number of hydrogen-bond donors (Lipinski definition) is 1. The minimum Gasteiger partial charge on any atom is -0.444 e. The first-order valence-corrected chi connectivity index (χ1v) is 5.29.